The van der Waals surface area contributed by atoms with Crippen molar-refractivity contribution in [2.45, 2.75) is 23.8 Å². The molecule has 0 atom stereocenters. The molecule has 1 radical (unpaired) electrons. The van der Waals surface area contributed by atoms with Gasteiger partial charge >= 0.3 is 0 Å². The molecule has 22 heavy (non-hydrogen) atoms. The van der Waals surface area contributed by atoms with Crippen LogP contribution in [0.25, 0.3) is 0 Å². The molecule has 0 aromatic heterocycles. The fraction of sp³-hybridized carbons (Fsp3) is 0.588. The first kappa shape index (κ1) is 15.8. The number of piperidine rings is 1. The summed E-state index contributed by atoms with van der Waals surface area (Å²) in [6.07, 6.45) is 2.49. The monoisotopic (exact) mass is 318 g/mol. The van der Waals surface area contributed by atoms with E-state index in [-0.39, 0.29) is 5.91 Å². The van der Waals surface area contributed by atoms with Crippen molar-refractivity contribution in [1.82, 2.24) is 15.1 Å². The van der Waals surface area contributed by atoms with Crippen LogP contribution >= 0.6 is 11.8 Å². The van der Waals surface area contributed by atoms with Gasteiger partial charge in [0.05, 0.1) is 5.75 Å². The molecule has 2 fully saturated rings. The summed E-state index contributed by atoms with van der Waals surface area (Å²) in [6.45, 7) is 6.09. The highest BCUT2D eigenvalue weighted by atomic mass is 32.2. The molecule has 2 heterocycles. The van der Waals surface area contributed by atoms with Crippen LogP contribution in [0, 0.1) is 6.07 Å². The van der Waals surface area contributed by atoms with Crippen LogP contribution in [-0.4, -0.2) is 66.8 Å². The highest BCUT2D eigenvalue weighted by molar-refractivity contribution is 8.00. The first-order valence-electron chi connectivity index (χ1n) is 8.14. The summed E-state index contributed by atoms with van der Waals surface area (Å²) in [6, 6.07) is 11.5. The third-order valence-electron chi connectivity index (χ3n) is 4.54. The minimum Gasteiger partial charge on any atom is -0.339 e. The number of hydrogen-bond acceptors (Lipinski definition) is 4. The molecule has 1 aromatic rings. The number of thioether (sulfide) groups is 1. The maximum atomic E-state index is 12.3. The fourth-order valence-electron chi connectivity index (χ4n) is 3.21. The highest BCUT2D eigenvalue weighted by Gasteiger charge is 2.26. The summed E-state index contributed by atoms with van der Waals surface area (Å²) < 4.78 is 0. The lowest BCUT2D eigenvalue weighted by atomic mass is 10.0. The first-order valence-corrected chi connectivity index (χ1v) is 9.13. The Morgan fingerprint density at radius 3 is 2.55 bits per heavy atom. The number of piperazine rings is 1. The van der Waals surface area contributed by atoms with Gasteiger partial charge in [0.2, 0.25) is 5.91 Å². The largest absolute Gasteiger partial charge is 0.339 e. The Balaban J connectivity index is 1.41. The first-order chi connectivity index (χ1) is 10.8. The van der Waals surface area contributed by atoms with E-state index in [4.69, 9.17) is 0 Å². The summed E-state index contributed by atoms with van der Waals surface area (Å²) in [7, 11) is 0. The molecule has 5 heteroatoms. The summed E-state index contributed by atoms with van der Waals surface area (Å²) in [5.41, 5.74) is 0. The zero-order valence-electron chi connectivity index (χ0n) is 13.0. The molecule has 2 saturated heterocycles. The second-order valence-electron chi connectivity index (χ2n) is 5.92. The Morgan fingerprint density at radius 2 is 1.86 bits per heavy atom. The molecule has 119 valence electrons. The van der Waals surface area contributed by atoms with Gasteiger partial charge in [0.1, 0.15) is 0 Å². The Labute approximate surface area is 137 Å². The molecule has 0 unspecified atom stereocenters. The van der Waals surface area contributed by atoms with Crippen LogP contribution in [0.15, 0.2) is 29.2 Å². The molecule has 0 spiro atoms. The molecule has 1 N–H and O–H groups in total. The van der Waals surface area contributed by atoms with Crippen LogP contribution in [0.5, 0.6) is 0 Å². The van der Waals surface area contributed by atoms with E-state index in [0.29, 0.717) is 11.8 Å². The third-order valence-corrected chi connectivity index (χ3v) is 5.54. The average molecular weight is 318 g/mol. The number of carbonyl (C=O) groups excluding carboxylic acids is 1. The Kier molecular flexibility index (Phi) is 5.76. The lowest BCUT2D eigenvalue weighted by Crippen LogP contribution is -2.54. The average Bonchev–Trinajstić information content (AvgIpc) is 2.61. The smallest absolute Gasteiger partial charge is 0.233 e. The molecule has 2 aliphatic heterocycles. The fourth-order valence-corrected chi connectivity index (χ4v) is 4.01. The van der Waals surface area contributed by atoms with E-state index in [2.05, 4.69) is 16.3 Å². The summed E-state index contributed by atoms with van der Waals surface area (Å²) in [5.74, 6) is 0.806. The van der Waals surface area contributed by atoms with Gasteiger partial charge in [0, 0.05) is 37.1 Å². The quantitative estimate of drug-likeness (QED) is 0.853. The zero-order valence-corrected chi connectivity index (χ0v) is 13.8. The number of benzene rings is 1. The standard InChI is InChI=1S/C17H24N3OS/c21-17(14-22-16-4-2-1-3-5-16)20-12-10-19(11-13-20)15-6-8-18-9-7-15/h2-5,15,18H,6-14H2. The maximum Gasteiger partial charge on any atom is 0.233 e. The van der Waals surface area contributed by atoms with Gasteiger partial charge in [-0.2, -0.15) is 0 Å². The summed E-state index contributed by atoms with van der Waals surface area (Å²) in [5, 5.41) is 3.42. The SMILES string of the molecule is O=C(CSc1cc[c]cc1)N1CCN(C2CCNCC2)CC1. The molecule has 0 bridgehead atoms. The van der Waals surface area contributed by atoms with Crippen molar-refractivity contribution in [2.24, 2.45) is 0 Å². The van der Waals surface area contributed by atoms with Crippen molar-refractivity contribution in [1.29, 1.82) is 0 Å². The second kappa shape index (κ2) is 7.99. The molecule has 3 rings (SSSR count). The van der Waals surface area contributed by atoms with Crippen molar-refractivity contribution in [3.63, 3.8) is 0 Å². The van der Waals surface area contributed by atoms with Gasteiger partial charge in [0.25, 0.3) is 0 Å². The predicted molar refractivity (Wildman–Crippen MR) is 90.0 cm³/mol. The number of hydrogen-bond donors (Lipinski definition) is 1. The van der Waals surface area contributed by atoms with Gasteiger partial charge in [-0.1, -0.05) is 12.1 Å². The van der Waals surface area contributed by atoms with Crippen LogP contribution in [-0.2, 0) is 4.79 Å². The molecule has 0 aliphatic carbocycles. The van der Waals surface area contributed by atoms with Crippen LogP contribution in [0.1, 0.15) is 12.8 Å². The number of rotatable bonds is 4. The van der Waals surface area contributed by atoms with E-state index in [0.717, 1.165) is 44.2 Å². The van der Waals surface area contributed by atoms with Gasteiger partial charge < -0.3 is 10.2 Å². The lowest BCUT2D eigenvalue weighted by molar-refractivity contribution is -0.130. The minimum absolute atomic E-state index is 0.266. The molecule has 1 aromatic carbocycles. The van der Waals surface area contributed by atoms with E-state index in [1.165, 1.54) is 12.8 Å². The number of amides is 1. The molecule has 2 aliphatic rings. The number of nitrogens with zero attached hydrogens (tertiary/aromatic N) is 2. The molecule has 4 nitrogen and oxygen atoms in total. The van der Waals surface area contributed by atoms with Gasteiger partial charge in [-0.05, 0) is 44.1 Å². The number of carbonyl (C=O) groups is 1. The minimum atomic E-state index is 0.266. The van der Waals surface area contributed by atoms with E-state index < -0.39 is 0 Å². The normalized spacial score (nSPS) is 21.0. The van der Waals surface area contributed by atoms with E-state index in [1.54, 1.807) is 11.8 Å². The third kappa shape index (κ3) is 4.24. The number of nitrogens with one attached hydrogen (secondary N) is 1. The van der Waals surface area contributed by atoms with Gasteiger partial charge in [-0.3, -0.25) is 9.69 Å². The van der Waals surface area contributed by atoms with Crippen molar-refractivity contribution >= 4 is 17.7 Å². The molecular formula is C17H24N3OS. The van der Waals surface area contributed by atoms with Crippen LogP contribution in [0.3, 0.4) is 0 Å². The summed E-state index contributed by atoms with van der Waals surface area (Å²) >= 11 is 1.62. The molecule has 0 saturated carbocycles. The van der Waals surface area contributed by atoms with Gasteiger partial charge in [0.15, 0.2) is 0 Å². The van der Waals surface area contributed by atoms with Gasteiger partial charge in [-0.15, -0.1) is 11.8 Å². The van der Waals surface area contributed by atoms with Crippen LogP contribution < -0.4 is 5.32 Å². The van der Waals surface area contributed by atoms with E-state index in [9.17, 15) is 4.79 Å². The predicted octanol–water partition coefficient (Wildman–Crippen LogP) is 1.48. The van der Waals surface area contributed by atoms with Crippen molar-refractivity contribution in [3.05, 3.63) is 30.3 Å². The van der Waals surface area contributed by atoms with Crippen LogP contribution in [0.2, 0.25) is 0 Å². The second-order valence-corrected chi connectivity index (χ2v) is 6.97. The highest BCUT2D eigenvalue weighted by Crippen LogP contribution is 2.19. The Morgan fingerprint density at radius 1 is 1.18 bits per heavy atom. The summed E-state index contributed by atoms with van der Waals surface area (Å²) in [4.78, 5) is 18.1. The van der Waals surface area contributed by atoms with Crippen molar-refractivity contribution in [3.8, 4) is 0 Å². The lowest BCUT2D eigenvalue weighted by Gasteiger charge is -2.40. The molecular weight excluding hydrogens is 294 g/mol. The van der Waals surface area contributed by atoms with E-state index >= 15 is 0 Å². The van der Waals surface area contributed by atoms with Gasteiger partial charge in [-0.25, -0.2) is 0 Å². The van der Waals surface area contributed by atoms with Crippen molar-refractivity contribution < 1.29 is 4.79 Å². The zero-order chi connectivity index (χ0) is 15.2. The van der Waals surface area contributed by atoms with E-state index in [1.807, 2.05) is 29.2 Å². The van der Waals surface area contributed by atoms with Crippen LogP contribution in [0.4, 0.5) is 0 Å². The topological polar surface area (TPSA) is 35.6 Å². The Hall–Kier alpha value is -1.04. The molecule has 1 amide bonds. The van der Waals surface area contributed by atoms with Crippen molar-refractivity contribution in [2.75, 3.05) is 45.0 Å². The maximum absolute atomic E-state index is 12.3. The Bertz CT molecular complexity index is 468.